The van der Waals surface area contributed by atoms with Crippen molar-refractivity contribution in [3.05, 3.63) is 82.9 Å². The SMILES string of the molecule is C/C=C/COC.CCC(C)Oc1c(OC)cc(/C=C/c2ccc(/C=C/c3cc(OC)c(OC(C)CC)c(OC)c3)cc2)cc1OC.CSC. The van der Waals surface area contributed by atoms with Crippen LogP contribution in [0.15, 0.2) is 60.7 Å². The molecule has 0 aliphatic carbocycles. The molecule has 2 atom stereocenters. The molecule has 0 spiro atoms. The fourth-order valence-electron chi connectivity index (χ4n) is 4.09. The summed E-state index contributed by atoms with van der Waals surface area (Å²) in [6.45, 7) is 10.9. The van der Waals surface area contributed by atoms with Gasteiger partial charge in [-0.25, -0.2) is 0 Å². The molecule has 3 aromatic rings. The maximum atomic E-state index is 6.04. The fraction of sp³-hybridized carbons (Fsp3) is 0.415. The number of ether oxygens (including phenoxy) is 7. The van der Waals surface area contributed by atoms with Crippen LogP contribution >= 0.6 is 11.8 Å². The smallest absolute Gasteiger partial charge is 0.203 e. The molecule has 0 radical (unpaired) electrons. The minimum absolute atomic E-state index is 0.0591. The Morgan fingerprint density at radius 3 is 1.10 bits per heavy atom. The second kappa shape index (κ2) is 25.0. The molecule has 0 aliphatic heterocycles. The molecule has 3 aromatic carbocycles. The van der Waals surface area contributed by atoms with Crippen molar-refractivity contribution < 1.29 is 33.2 Å². The Balaban J connectivity index is 0.00000118. The molecular formula is C41H58O7S. The van der Waals surface area contributed by atoms with E-state index >= 15 is 0 Å². The van der Waals surface area contributed by atoms with Crippen LogP contribution in [0.1, 0.15) is 69.7 Å². The van der Waals surface area contributed by atoms with Crippen LogP contribution in [0.2, 0.25) is 0 Å². The third-order valence-electron chi connectivity index (χ3n) is 7.13. The molecule has 3 rings (SSSR count). The highest BCUT2D eigenvalue weighted by atomic mass is 32.2. The third-order valence-corrected chi connectivity index (χ3v) is 7.13. The quantitative estimate of drug-likeness (QED) is 0.108. The zero-order valence-corrected chi connectivity index (χ0v) is 32.4. The summed E-state index contributed by atoms with van der Waals surface area (Å²) in [4.78, 5) is 0. The molecule has 270 valence electrons. The Labute approximate surface area is 300 Å². The maximum Gasteiger partial charge on any atom is 0.203 e. The van der Waals surface area contributed by atoms with Crippen LogP contribution in [0.25, 0.3) is 24.3 Å². The van der Waals surface area contributed by atoms with Crippen LogP contribution in [0, 0.1) is 0 Å². The summed E-state index contributed by atoms with van der Waals surface area (Å²) in [6, 6.07) is 16.1. The average molecular weight is 695 g/mol. The standard InChI is InChI=1S/C34H42O6.C5H10O.C2H6S/c1-9-23(3)39-33-29(35-5)19-27(20-30(33)36-6)17-15-25-11-13-26(14-12-25)16-18-28-21-31(37-7)34(32(22-28)38-8)40-24(4)10-2;1-3-4-5-6-2;1-3-2/h11-24H,9-10H2,1-8H3;3-4H,5H2,1-2H3;1-2H3/b17-15+,18-16+;4-3+;. The Hall–Kier alpha value is -4.01. The van der Waals surface area contributed by atoms with Crippen molar-refractivity contribution in [2.24, 2.45) is 0 Å². The van der Waals surface area contributed by atoms with Gasteiger partial charge < -0.3 is 33.2 Å². The summed E-state index contributed by atoms with van der Waals surface area (Å²) in [5.74, 6) is 3.83. The number of rotatable bonds is 16. The summed E-state index contributed by atoms with van der Waals surface area (Å²) in [5.41, 5.74) is 4.06. The van der Waals surface area contributed by atoms with Gasteiger partial charge in [0.15, 0.2) is 23.0 Å². The molecule has 0 fully saturated rings. The van der Waals surface area contributed by atoms with Crippen LogP contribution in [0.4, 0.5) is 0 Å². The van der Waals surface area contributed by atoms with E-state index in [9.17, 15) is 0 Å². The van der Waals surface area contributed by atoms with Crippen molar-refractivity contribution in [3.63, 3.8) is 0 Å². The summed E-state index contributed by atoms with van der Waals surface area (Å²) in [7, 11) is 8.23. The topological polar surface area (TPSA) is 64.6 Å². The second-order valence-corrected chi connectivity index (χ2v) is 11.8. The molecule has 2 unspecified atom stereocenters. The van der Waals surface area contributed by atoms with Crippen molar-refractivity contribution in [2.75, 3.05) is 54.7 Å². The predicted molar refractivity (Wildman–Crippen MR) is 210 cm³/mol. The lowest BCUT2D eigenvalue weighted by Crippen LogP contribution is -2.11. The highest BCUT2D eigenvalue weighted by Crippen LogP contribution is 2.41. The molecule has 49 heavy (non-hydrogen) atoms. The first-order chi connectivity index (χ1) is 23.7. The van der Waals surface area contributed by atoms with Crippen LogP contribution in [-0.4, -0.2) is 66.9 Å². The Morgan fingerprint density at radius 2 is 0.878 bits per heavy atom. The van der Waals surface area contributed by atoms with Crippen LogP contribution in [0.5, 0.6) is 34.5 Å². The van der Waals surface area contributed by atoms with Crippen LogP contribution in [0.3, 0.4) is 0 Å². The molecule has 0 aromatic heterocycles. The van der Waals surface area contributed by atoms with Crippen molar-refractivity contribution in [2.45, 2.75) is 59.7 Å². The largest absolute Gasteiger partial charge is 0.493 e. The molecule has 0 bridgehead atoms. The van der Waals surface area contributed by atoms with Gasteiger partial charge in [0, 0.05) is 7.11 Å². The minimum atomic E-state index is 0.0591. The van der Waals surface area contributed by atoms with Gasteiger partial charge in [-0.05, 0) is 92.6 Å². The van der Waals surface area contributed by atoms with Gasteiger partial charge in [-0.2, -0.15) is 11.8 Å². The molecule has 0 saturated carbocycles. The van der Waals surface area contributed by atoms with Gasteiger partial charge in [-0.1, -0.05) is 74.6 Å². The molecule has 0 amide bonds. The monoisotopic (exact) mass is 694 g/mol. The Kier molecular flexibility index (Phi) is 22.0. The first kappa shape index (κ1) is 43.0. The summed E-state index contributed by atoms with van der Waals surface area (Å²) in [5, 5.41) is 0. The number of hydrogen-bond acceptors (Lipinski definition) is 8. The lowest BCUT2D eigenvalue weighted by Gasteiger charge is -2.18. The van der Waals surface area contributed by atoms with Crippen LogP contribution in [-0.2, 0) is 4.74 Å². The van der Waals surface area contributed by atoms with Crippen LogP contribution < -0.4 is 28.4 Å². The molecule has 0 aliphatic rings. The van der Waals surface area contributed by atoms with Crippen molar-refractivity contribution >= 4 is 36.1 Å². The summed E-state index contributed by atoms with van der Waals surface area (Å²) in [6.07, 6.45) is 18.1. The fourth-order valence-corrected chi connectivity index (χ4v) is 4.09. The van der Waals surface area contributed by atoms with E-state index in [-0.39, 0.29) is 12.2 Å². The average Bonchev–Trinajstić information content (AvgIpc) is 3.13. The first-order valence-corrected chi connectivity index (χ1v) is 18.1. The summed E-state index contributed by atoms with van der Waals surface area (Å²) < 4.78 is 39.2. The molecule has 0 saturated heterocycles. The van der Waals surface area contributed by atoms with E-state index in [0.717, 1.165) is 41.7 Å². The van der Waals surface area contributed by atoms with E-state index in [1.165, 1.54) is 0 Å². The Bertz CT molecular complexity index is 1280. The first-order valence-electron chi connectivity index (χ1n) is 16.5. The highest BCUT2D eigenvalue weighted by Gasteiger charge is 2.17. The number of allylic oxidation sites excluding steroid dienone is 1. The van der Waals surface area contributed by atoms with E-state index < -0.39 is 0 Å². The molecule has 7 nitrogen and oxygen atoms in total. The second-order valence-electron chi connectivity index (χ2n) is 10.9. The van der Waals surface area contributed by atoms with E-state index in [4.69, 9.17) is 33.2 Å². The normalized spacial score (nSPS) is 12.1. The predicted octanol–water partition coefficient (Wildman–Crippen LogP) is 10.6. The van der Waals surface area contributed by atoms with Gasteiger partial charge in [0.2, 0.25) is 11.5 Å². The van der Waals surface area contributed by atoms with Gasteiger partial charge in [-0.3, -0.25) is 0 Å². The molecule has 8 heteroatoms. The van der Waals surface area contributed by atoms with Gasteiger partial charge >= 0.3 is 0 Å². The number of thioether (sulfide) groups is 1. The van der Waals surface area contributed by atoms with Gasteiger partial charge in [0.1, 0.15) is 0 Å². The molecular weight excluding hydrogens is 637 g/mol. The van der Waals surface area contributed by atoms with E-state index in [1.54, 1.807) is 47.3 Å². The van der Waals surface area contributed by atoms with E-state index in [1.807, 2.05) is 81.9 Å². The lowest BCUT2D eigenvalue weighted by atomic mass is 10.1. The minimum Gasteiger partial charge on any atom is -0.493 e. The third kappa shape index (κ3) is 15.4. The van der Waals surface area contributed by atoms with Gasteiger partial charge in [0.05, 0.1) is 47.3 Å². The van der Waals surface area contributed by atoms with Gasteiger partial charge in [0.25, 0.3) is 0 Å². The van der Waals surface area contributed by atoms with E-state index in [0.29, 0.717) is 34.5 Å². The number of methoxy groups -OCH3 is 5. The van der Waals surface area contributed by atoms with Gasteiger partial charge in [-0.15, -0.1) is 0 Å². The number of benzene rings is 3. The Morgan fingerprint density at radius 1 is 0.571 bits per heavy atom. The molecule has 0 heterocycles. The number of hydrogen-bond donors (Lipinski definition) is 0. The lowest BCUT2D eigenvalue weighted by molar-refractivity contribution is 0.198. The van der Waals surface area contributed by atoms with Crippen molar-refractivity contribution in [1.82, 2.24) is 0 Å². The summed E-state index contributed by atoms with van der Waals surface area (Å²) >= 11 is 1.75. The van der Waals surface area contributed by atoms with Crippen molar-refractivity contribution in [3.8, 4) is 34.5 Å². The van der Waals surface area contributed by atoms with Crippen molar-refractivity contribution in [1.29, 1.82) is 0 Å². The zero-order valence-electron chi connectivity index (χ0n) is 31.6. The zero-order chi connectivity index (χ0) is 36.6. The maximum absolute atomic E-state index is 6.04. The van der Waals surface area contributed by atoms with E-state index in [2.05, 4.69) is 50.3 Å². The molecule has 0 N–H and O–H groups in total. The highest BCUT2D eigenvalue weighted by molar-refractivity contribution is 7.97.